The molecule has 116 valence electrons. The molecule has 2 rings (SSSR count). The summed E-state index contributed by atoms with van der Waals surface area (Å²) in [7, 11) is 0. The highest BCUT2D eigenvalue weighted by molar-refractivity contribution is 6.30. The summed E-state index contributed by atoms with van der Waals surface area (Å²) in [5.74, 6) is 1.11. The van der Waals surface area contributed by atoms with Crippen LogP contribution in [0.4, 0.5) is 0 Å². The number of benzene rings is 1. The molecule has 3 atom stereocenters. The molecule has 0 aliphatic carbocycles. The van der Waals surface area contributed by atoms with Crippen LogP contribution in [-0.2, 0) is 4.79 Å². The molecule has 0 aromatic heterocycles. The van der Waals surface area contributed by atoms with Crippen LogP contribution in [0.15, 0.2) is 18.2 Å². The third-order valence-corrected chi connectivity index (χ3v) is 4.30. The molecule has 1 heterocycles. The fourth-order valence-electron chi connectivity index (χ4n) is 2.84. The normalized spacial score (nSPS) is 23.2. The Hall–Kier alpha value is -1.26. The van der Waals surface area contributed by atoms with Gasteiger partial charge in [-0.05, 0) is 63.4 Å². The first-order valence-corrected chi connectivity index (χ1v) is 7.73. The third kappa shape index (κ3) is 3.69. The molecule has 0 radical (unpaired) electrons. The highest BCUT2D eigenvalue weighted by Crippen LogP contribution is 2.26. The summed E-state index contributed by atoms with van der Waals surface area (Å²) in [6, 6.07) is 5.63. The first-order valence-electron chi connectivity index (χ1n) is 7.35. The summed E-state index contributed by atoms with van der Waals surface area (Å²) in [6.07, 6.45) is 0.457. The SMILES string of the molecule is Cc1cc(Cl)ccc1OC(C)C(=O)N1CC(CN)CC1C. The number of aryl methyl sites for hydroxylation is 1. The number of nitrogens with zero attached hydrogens (tertiary/aromatic N) is 1. The minimum Gasteiger partial charge on any atom is -0.481 e. The van der Waals surface area contributed by atoms with E-state index in [-0.39, 0.29) is 11.9 Å². The van der Waals surface area contributed by atoms with Crippen molar-refractivity contribution < 1.29 is 9.53 Å². The summed E-state index contributed by atoms with van der Waals surface area (Å²) >= 11 is 5.93. The minimum absolute atomic E-state index is 0.0211. The number of likely N-dealkylation sites (tertiary alicyclic amines) is 1. The van der Waals surface area contributed by atoms with E-state index in [9.17, 15) is 4.79 Å². The van der Waals surface area contributed by atoms with E-state index >= 15 is 0 Å². The fraction of sp³-hybridized carbons (Fsp3) is 0.562. The monoisotopic (exact) mass is 310 g/mol. The molecule has 21 heavy (non-hydrogen) atoms. The molecular weight excluding hydrogens is 288 g/mol. The van der Waals surface area contributed by atoms with Crippen LogP contribution in [0.5, 0.6) is 5.75 Å². The maximum Gasteiger partial charge on any atom is 0.263 e. The molecule has 2 N–H and O–H groups in total. The van der Waals surface area contributed by atoms with Gasteiger partial charge in [0.05, 0.1) is 0 Å². The van der Waals surface area contributed by atoms with Crippen LogP contribution < -0.4 is 10.5 Å². The maximum atomic E-state index is 12.5. The molecule has 1 amide bonds. The van der Waals surface area contributed by atoms with E-state index in [1.54, 1.807) is 19.1 Å². The van der Waals surface area contributed by atoms with E-state index in [1.165, 1.54) is 0 Å². The largest absolute Gasteiger partial charge is 0.481 e. The molecule has 1 saturated heterocycles. The van der Waals surface area contributed by atoms with Crippen molar-refractivity contribution in [3.8, 4) is 5.75 Å². The molecule has 0 saturated carbocycles. The lowest BCUT2D eigenvalue weighted by atomic mass is 10.1. The zero-order valence-electron chi connectivity index (χ0n) is 12.8. The summed E-state index contributed by atoms with van der Waals surface area (Å²) in [5, 5.41) is 0.665. The highest BCUT2D eigenvalue weighted by Gasteiger charge is 2.34. The van der Waals surface area contributed by atoms with Crippen molar-refractivity contribution in [2.45, 2.75) is 39.3 Å². The van der Waals surface area contributed by atoms with E-state index in [4.69, 9.17) is 22.1 Å². The highest BCUT2D eigenvalue weighted by atomic mass is 35.5. The first kappa shape index (κ1) is 16.1. The van der Waals surface area contributed by atoms with Crippen LogP contribution in [0, 0.1) is 12.8 Å². The lowest BCUT2D eigenvalue weighted by molar-refractivity contribution is -0.138. The van der Waals surface area contributed by atoms with Gasteiger partial charge in [0.2, 0.25) is 0 Å². The van der Waals surface area contributed by atoms with Crippen molar-refractivity contribution >= 4 is 17.5 Å². The fourth-order valence-corrected chi connectivity index (χ4v) is 3.07. The van der Waals surface area contributed by atoms with Gasteiger partial charge in [0, 0.05) is 17.6 Å². The Labute approximate surface area is 131 Å². The molecule has 3 unspecified atom stereocenters. The van der Waals surface area contributed by atoms with Crippen molar-refractivity contribution in [1.82, 2.24) is 4.90 Å². The summed E-state index contributed by atoms with van der Waals surface area (Å²) < 4.78 is 5.81. The Morgan fingerprint density at radius 2 is 2.29 bits per heavy atom. The van der Waals surface area contributed by atoms with Crippen LogP contribution in [0.3, 0.4) is 0 Å². The average molecular weight is 311 g/mol. The van der Waals surface area contributed by atoms with Gasteiger partial charge in [-0.2, -0.15) is 0 Å². The Bertz CT molecular complexity index is 521. The van der Waals surface area contributed by atoms with E-state index < -0.39 is 6.10 Å². The summed E-state index contributed by atoms with van der Waals surface area (Å²) in [6.45, 7) is 7.12. The van der Waals surface area contributed by atoms with Crippen molar-refractivity contribution in [2.24, 2.45) is 11.7 Å². The van der Waals surface area contributed by atoms with Crippen LogP contribution in [0.25, 0.3) is 0 Å². The molecule has 1 fully saturated rings. The molecule has 4 nitrogen and oxygen atoms in total. The van der Waals surface area contributed by atoms with E-state index in [0.29, 0.717) is 23.2 Å². The van der Waals surface area contributed by atoms with Crippen molar-refractivity contribution in [2.75, 3.05) is 13.1 Å². The number of carbonyl (C=O) groups is 1. The third-order valence-electron chi connectivity index (χ3n) is 4.07. The van der Waals surface area contributed by atoms with Crippen LogP contribution in [-0.4, -0.2) is 36.0 Å². The molecule has 0 spiro atoms. The van der Waals surface area contributed by atoms with Gasteiger partial charge in [0.15, 0.2) is 6.10 Å². The predicted molar refractivity (Wildman–Crippen MR) is 84.6 cm³/mol. The minimum atomic E-state index is -0.510. The molecule has 0 bridgehead atoms. The second-order valence-electron chi connectivity index (χ2n) is 5.85. The summed E-state index contributed by atoms with van der Waals surface area (Å²) in [5.41, 5.74) is 6.64. The Morgan fingerprint density at radius 3 is 2.86 bits per heavy atom. The Morgan fingerprint density at radius 1 is 1.57 bits per heavy atom. The molecule has 1 aliphatic heterocycles. The molecule has 1 aromatic rings. The second-order valence-corrected chi connectivity index (χ2v) is 6.28. The number of ether oxygens (including phenoxy) is 1. The van der Waals surface area contributed by atoms with Gasteiger partial charge in [0.1, 0.15) is 5.75 Å². The number of hydrogen-bond donors (Lipinski definition) is 1. The van der Waals surface area contributed by atoms with Crippen molar-refractivity contribution in [1.29, 1.82) is 0 Å². The maximum absolute atomic E-state index is 12.5. The molecule has 1 aliphatic rings. The molecular formula is C16H23ClN2O2. The second kappa shape index (κ2) is 6.67. The van der Waals surface area contributed by atoms with Gasteiger partial charge in [0.25, 0.3) is 5.91 Å². The number of carbonyl (C=O) groups excluding carboxylic acids is 1. The number of hydrogen-bond acceptors (Lipinski definition) is 3. The zero-order valence-corrected chi connectivity index (χ0v) is 13.6. The Balaban J connectivity index is 2.03. The zero-order chi connectivity index (χ0) is 15.6. The number of nitrogens with two attached hydrogens (primary N) is 1. The van der Waals surface area contributed by atoms with Crippen molar-refractivity contribution in [3.63, 3.8) is 0 Å². The molecule has 5 heteroatoms. The van der Waals surface area contributed by atoms with Gasteiger partial charge in [-0.1, -0.05) is 11.6 Å². The van der Waals surface area contributed by atoms with Gasteiger partial charge >= 0.3 is 0 Å². The number of halogens is 1. The standard InChI is InChI=1S/C16H23ClN2O2/c1-10-6-14(17)4-5-15(10)21-12(3)16(20)19-9-13(8-18)7-11(19)2/h4-6,11-13H,7-9,18H2,1-3H3. The van der Waals surface area contributed by atoms with Gasteiger partial charge in [-0.15, -0.1) is 0 Å². The lowest BCUT2D eigenvalue weighted by Crippen LogP contribution is -2.42. The topological polar surface area (TPSA) is 55.6 Å². The van der Waals surface area contributed by atoms with E-state index in [1.807, 2.05) is 17.9 Å². The number of amides is 1. The number of rotatable bonds is 4. The van der Waals surface area contributed by atoms with Crippen molar-refractivity contribution in [3.05, 3.63) is 28.8 Å². The first-order chi connectivity index (χ1) is 9.92. The van der Waals surface area contributed by atoms with Crippen LogP contribution in [0.2, 0.25) is 5.02 Å². The molecule has 1 aromatic carbocycles. The van der Waals surface area contributed by atoms with Crippen LogP contribution in [0.1, 0.15) is 25.8 Å². The lowest BCUT2D eigenvalue weighted by Gasteiger charge is -2.26. The average Bonchev–Trinajstić information content (AvgIpc) is 2.82. The summed E-state index contributed by atoms with van der Waals surface area (Å²) in [4.78, 5) is 14.4. The van der Waals surface area contributed by atoms with E-state index in [0.717, 1.165) is 18.5 Å². The predicted octanol–water partition coefficient (Wildman–Crippen LogP) is 2.61. The van der Waals surface area contributed by atoms with E-state index in [2.05, 4.69) is 6.92 Å². The van der Waals surface area contributed by atoms with Crippen LogP contribution >= 0.6 is 11.6 Å². The Kier molecular flexibility index (Phi) is 5.12. The van der Waals surface area contributed by atoms with Gasteiger partial charge in [-0.3, -0.25) is 4.79 Å². The smallest absolute Gasteiger partial charge is 0.263 e. The van der Waals surface area contributed by atoms with Gasteiger partial charge in [-0.25, -0.2) is 0 Å². The van der Waals surface area contributed by atoms with Gasteiger partial charge < -0.3 is 15.4 Å². The quantitative estimate of drug-likeness (QED) is 0.930.